The lowest BCUT2D eigenvalue weighted by Gasteiger charge is -2.24. The van der Waals surface area contributed by atoms with E-state index >= 15 is 0 Å². The number of nitrogens with two attached hydrogens (primary N) is 1. The van der Waals surface area contributed by atoms with Crippen molar-refractivity contribution in [2.75, 3.05) is 13.2 Å². The molecule has 2 N–H and O–H groups in total. The van der Waals surface area contributed by atoms with Crippen LogP contribution in [0.5, 0.6) is 0 Å². The van der Waals surface area contributed by atoms with Gasteiger partial charge < -0.3 is 10.5 Å². The molecule has 0 saturated carbocycles. The second-order valence-corrected chi connectivity index (χ2v) is 7.42. The Morgan fingerprint density at radius 3 is 2.69 bits per heavy atom. The minimum absolute atomic E-state index is 0.163. The fourth-order valence-electron chi connectivity index (χ4n) is 2.00. The maximum atomic E-state index is 6.24. The minimum Gasteiger partial charge on any atom is -0.381 e. The number of halogens is 2. The Morgan fingerprint density at radius 2 is 2.12 bits per heavy atom. The van der Waals surface area contributed by atoms with Crippen LogP contribution in [0.15, 0.2) is 14.3 Å². The fraction of sp³-hybridized carbons (Fsp3) is 0.636. The fourth-order valence-corrected chi connectivity index (χ4v) is 4.11. The van der Waals surface area contributed by atoms with Gasteiger partial charge in [0, 0.05) is 28.6 Å². The predicted octanol–water partition coefficient (Wildman–Crippen LogP) is 4.09. The maximum absolute atomic E-state index is 6.24. The van der Waals surface area contributed by atoms with E-state index in [0.717, 1.165) is 46.7 Å². The van der Waals surface area contributed by atoms with Crippen molar-refractivity contribution in [3.05, 3.63) is 19.2 Å². The molecule has 1 aromatic heterocycles. The molecule has 0 amide bonds. The van der Waals surface area contributed by atoms with E-state index < -0.39 is 0 Å². The van der Waals surface area contributed by atoms with Gasteiger partial charge in [-0.05, 0) is 63.1 Å². The van der Waals surface area contributed by atoms with Gasteiger partial charge in [0.1, 0.15) is 0 Å². The van der Waals surface area contributed by atoms with Crippen molar-refractivity contribution in [2.45, 2.75) is 25.3 Å². The van der Waals surface area contributed by atoms with E-state index in [1.807, 2.05) is 0 Å². The molecule has 2 rings (SSSR count). The van der Waals surface area contributed by atoms with Gasteiger partial charge in [0.25, 0.3) is 0 Å². The summed E-state index contributed by atoms with van der Waals surface area (Å²) in [5.74, 6) is 0.725. The Balaban J connectivity index is 1.93. The van der Waals surface area contributed by atoms with Gasteiger partial charge in [-0.3, -0.25) is 0 Å². The second kappa shape index (κ2) is 5.96. The lowest BCUT2D eigenvalue weighted by atomic mass is 9.92. The Hall–Kier alpha value is 0.580. The summed E-state index contributed by atoms with van der Waals surface area (Å²) in [6.45, 7) is 1.80. The first-order valence-electron chi connectivity index (χ1n) is 5.45. The number of rotatable bonds is 3. The monoisotopic (exact) mass is 367 g/mol. The molecular weight excluding hydrogens is 354 g/mol. The lowest BCUT2D eigenvalue weighted by molar-refractivity contribution is 0.0619. The number of hydrogen-bond acceptors (Lipinski definition) is 3. The van der Waals surface area contributed by atoms with Crippen molar-refractivity contribution >= 4 is 43.2 Å². The molecule has 1 aliphatic heterocycles. The molecule has 1 fully saturated rings. The van der Waals surface area contributed by atoms with Crippen LogP contribution < -0.4 is 5.73 Å². The number of ether oxygens (including phenoxy) is 1. The highest BCUT2D eigenvalue weighted by atomic mass is 79.9. The molecule has 0 aromatic carbocycles. The zero-order valence-electron chi connectivity index (χ0n) is 8.92. The topological polar surface area (TPSA) is 35.2 Å². The van der Waals surface area contributed by atoms with E-state index in [4.69, 9.17) is 10.5 Å². The highest BCUT2D eigenvalue weighted by molar-refractivity contribution is 9.13. The summed E-state index contributed by atoms with van der Waals surface area (Å²) in [6.07, 6.45) is 3.38. The average molecular weight is 369 g/mol. The van der Waals surface area contributed by atoms with E-state index in [9.17, 15) is 0 Å². The molecule has 1 saturated heterocycles. The zero-order chi connectivity index (χ0) is 11.5. The quantitative estimate of drug-likeness (QED) is 0.871. The summed E-state index contributed by atoms with van der Waals surface area (Å²) < 4.78 is 7.59. The van der Waals surface area contributed by atoms with Gasteiger partial charge in [-0.1, -0.05) is 0 Å². The SMILES string of the molecule is NC(CC1CCOCC1)c1cc(Br)c(Br)s1. The van der Waals surface area contributed by atoms with E-state index in [0.29, 0.717) is 0 Å². The first kappa shape index (κ1) is 13.0. The Labute approximate surface area is 117 Å². The average Bonchev–Trinajstić information content (AvgIpc) is 2.61. The minimum atomic E-state index is 0.163. The Bertz CT molecular complexity index is 330. The maximum Gasteiger partial charge on any atom is 0.0843 e. The molecule has 16 heavy (non-hydrogen) atoms. The number of thiophene rings is 1. The molecule has 1 aromatic rings. The normalized spacial score (nSPS) is 19.9. The van der Waals surface area contributed by atoms with Crippen LogP contribution in [0.2, 0.25) is 0 Å². The van der Waals surface area contributed by atoms with E-state index in [-0.39, 0.29) is 6.04 Å². The van der Waals surface area contributed by atoms with Crippen LogP contribution in [0.3, 0.4) is 0 Å². The molecule has 0 radical (unpaired) electrons. The summed E-state index contributed by atoms with van der Waals surface area (Å²) in [5, 5.41) is 0. The summed E-state index contributed by atoms with van der Waals surface area (Å²) in [7, 11) is 0. The van der Waals surface area contributed by atoms with Crippen LogP contribution in [-0.2, 0) is 4.74 Å². The van der Waals surface area contributed by atoms with E-state index in [1.54, 1.807) is 11.3 Å². The highest BCUT2D eigenvalue weighted by Gasteiger charge is 2.19. The van der Waals surface area contributed by atoms with Gasteiger partial charge in [0.15, 0.2) is 0 Å². The smallest absolute Gasteiger partial charge is 0.0843 e. The molecule has 0 bridgehead atoms. The first-order chi connectivity index (χ1) is 7.66. The molecule has 1 aliphatic rings. The molecule has 2 nitrogen and oxygen atoms in total. The van der Waals surface area contributed by atoms with Gasteiger partial charge >= 0.3 is 0 Å². The number of hydrogen-bond donors (Lipinski definition) is 1. The van der Waals surface area contributed by atoms with Crippen molar-refractivity contribution in [3.8, 4) is 0 Å². The highest BCUT2D eigenvalue weighted by Crippen LogP contribution is 2.37. The summed E-state index contributed by atoms with van der Waals surface area (Å²) >= 11 is 8.73. The molecule has 2 heterocycles. The first-order valence-corrected chi connectivity index (χ1v) is 7.85. The molecule has 1 unspecified atom stereocenters. The van der Waals surface area contributed by atoms with Crippen LogP contribution in [0, 0.1) is 5.92 Å². The third-order valence-electron chi connectivity index (χ3n) is 2.96. The lowest BCUT2D eigenvalue weighted by Crippen LogP contribution is -2.21. The van der Waals surface area contributed by atoms with Crippen molar-refractivity contribution in [1.82, 2.24) is 0 Å². The molecule has 5 heteroatoms. The predicted molar refractivity (Wildman–Crippen MR) is 74.8 cm³/mol. The van der Waals surface area contributed by atoms with Crippen molar-refractivity contribution < 1.29 is 4.74 Å². The van der Waals surface area contributed by atoms with Crippen molar-refractivity contribution in [3.63, 3.8) is 0 Å². The standard InChI is InChI=1S/C11H15Br2NOS/c12-8-6-10(16-11(8)13)9(14)5-7-1-3-15-4-2-7/h6-7,9H,1-5,14H2. The Morgan fingerprint density at radius 1 is 1.44 bits per heavy atom. The van der Waals surface area contributed by atoms with Crippen LogP contribution >= 0.6 is 43.2 Å². The second-order valence-electron chi connectivity index (χ2n) is 4.17. The van der Waals surface area contributed by atoms with Crippen LogP contribution in [0.1, 0.15) is 30.2 Å². The van der Waals surface area contributed by atoms with Crippen LogP contribution in [0.25, 0.3) is 0 Å². The van der Waals surface area contributed by atoms with Gasteiger partial charge in [0.05, 0.1) is 3.79 Å². The zero-order valence-corrected chi connectivity index (χ0v) is 12.9. The van der Waals surface area contributed by atoms with Crippen LogP contribution in [0.4, 0.5) is 0 Å². The van der Waals surface area contributed by atoms with Gasteiger partial charge in [0.2, 0.25) is 0 Å². The molecule has 90 valence electrons. The molecule has 0 spiro atoms. The molecule has 0 aliphatic carbocycles. The summed E-state index contributed by atoms with van der Waals surface area (Å²) in [4.78, 5) is 1.25. The van der Waals surface area contributed by atoms with Gasteiger partial charge in [-0.25, -0.2) is 0 Å². The van der Waals surface area contributed by atoms with Gasteiger partial charge in [-0.15, -0.1) is 11.3 Å². The largest absolute Gasteiger partial charge is 0.381 e. The van der Waals surface area contributed by atoms with Crippen molar-refractivity contribution in [2.24, 2.45) is 11.7 Å². The summed E-state index contributed by atoms with van der Waals surface area (Å²) in [5.41, 5.74) is 6.24. The van der Waals surface area contributed by atoms with Gasteiger partial charge in [-0.2, -0.15) is 0 Å². The van der Waals surface area contributed by atoms with E-state index in [1.165, 1.54) is 4.88 Å². The van der Waals surface area contributed by atoms with Crippen molar-refractivity contribution in [1.29, 1.82) is 0 Å². The summed E-state index contributed by atoms with van der Waals surface area (Å²) in [6, 6.07) is 2.29. The molecular formula is C11H15Br2NOS. The van der Waals surface area contributed by atoms with Crippen LogP contribution in [-0.4, -0.2) is 13.2 Å². The Kier molecular flexibility index (Phi) is 4.85. The van der Waals surface area contributed by atoms with E-state index in [2.05, 4.69) is 37.9 Å². The third kappa shape index (κ3) is 3.29. The molecule has 1 atom stereocenters. The third-order valence-corrected chi connectivity index (χ3v) is 6.35.